The maximum Gasteiger partial charge on any atom is 0.162 e. The zero-order valence-corrected chi connectivity index (χ0v) is 12.2. The van der Waals surface area contributed by atoms with Gasteiger partial charge in [0.1, 0.15) is 11.1 Å². The van der Waals surface area contributed by atoms with E-state index in [1.54, 1.807) is 0 Å². The van der Waals surface area contributed by atoms with Crippen LogP contribution in [0.4, 0.5) is 0 Å². The van der Waals surface area contributed by atoms with Gasteiger partial charge in [-0.3, -0.25) is 4.79 Å². The highest BCUT2D eigenvalue weighted by molar-refractivity contribution is 7.98. The topological polar surface area (TPSA) is 53.8 Å². The van der Waals surface area contributed by atoms with Gasteiger partial charge < -0.3 is 0 Å². The normalized spacial score (nSPS) is 10.5. The predicted molar refractivity (Wildman–Crippen MR) is 77.7 cm³/mol. The summed E-state index contributed by atoms with van der Waals surface area (Å²) >= 11 is 1.49. The number of pyridine rings is 1. The van der Waals surface area contributed by atoms with E-state index in [-0.39, 0.29) is 5.78 Å². The molecule has 0 bridgehead atoms. The van der Waals surface area contributed by atoms with Gasteiger partial charge in [-0.25, -0.2) is 4.98 Å². The minimum atomic E-state index is -0.0269. The number of hydrogen-bond donors (Lipinski definition) is 0. The molecule has 1 aromatic heterocycles. The van der Waals surface area contributed by atoms with Crippen molar-refractivity contribution in [1.82, 2.24) is 4.98 Å². The highest BCUT2D eigenvalue weighted by Crippen LogP contribution is 2.30. The van der Waals surface area contributed by atoms with Crippen molar-refractivity contribution in [2.24, 2.45) is 0 Å². The Labute approximate surface area is 116 Å². The number of aromatic nitrogens is 1. The lowest BCUT2D eigenvalue weighted by Gasteiger charge is -2.11. The number of benzene rings is 1. The first-order chi connectivity index (χ1) is 8.99. The first-order valence-corrected chi connectivity index (χ1v) is 7.12. The Kier molecular flexibility index (Phi) is 3.59. The molecule has 0 unspecified atom stereocenters. The molecule has 2 aromatic rings. The fourth-order valence-corrected chi connectivity index (χ4v) is 2.79. The maximum atomic E-state index is 11.8. The second kappa shape index (κ2) is 5.02. The van der Waals surface area contributed by atoms with E-state index >= 15 is 0 Å². The van der Waals surface area contributed by atoms with Crippen LogP contribution < -0.4 is 0 Å². The largest absolute Gasteiger partial charge is 0.294 e. The molecule has 0 spiro atoms. The van der Waals surface area contributed by atoms with Gasteiger partial charge in [-0.15, -0.1) is 11.8 Å². The first kappa shape index (κ1) is 13.6. The number of nitriles is 1. The maximum absolute atomic E-state index is 11.8. The van der Waals surface area contributed by atoms with Gasteiger partial charge >= 0.3 is 0 Å². The third kappa shape index (κ3) is 2.22. The summed E-state index contributed by atoms with van der Waals surface area (Å²) in [4.78, 5) is 16.3. The summed E-state index contributed by atoms with van der Waals surface area (Å²) in [5.41, 5.74) is 3.67. The lowest BCUT2D eigenvalue weighted by molar-refractivity contribution is 0.101. The fourth-order valence-electron chi connectivity index (χ4n) is 2.20. The third-order valence-electron chi connectivity index (χ3n) is 3.12. The van der Waals surface area contributed by atoms with E-state index in [0.717, 1.165) is 21.5 Å². The van der Waals surface area contributed by atoms with E-state index in [0.29, 0.717) is 16.6 Å². The number of nitrogens with zero attached hydrogens (tertiary/aromatic N) is 2. The van der Waals surface area contributed by atoms with E-state index in [1.165, 1.54) is 18.7 Å². The average Bonchev–Trinajstić information content (AvgIpc) is 2.37. The van der Waals surface area contributed by atoms with Crippen LogP contribution in [-0.2, 0) is 0 Å². The van der Waals surface area contributed by atoms with Crippen LogP contribution in [0.5, 0.6) is 0 Å². The molecule has 1 aromatic carbocycles. The smallest absolute Gasteiger partial charge is 0.162 e. The average molecular weight is 270 g/mol. The van der Waals surface area contributed by atoms with E-state index in [9.17, 15) is 10.1 Å². The zero-order chi connectivity index (χ0) is 14.2. The van der Waals surface area contributed by atoms with Crippen molar-refractivity contribution in [1.29, 1.82) is 5.26 Å². The lowest BCUT2D eigenvalue weighted by atomic mass is 9.98. The summed E-state index contributed by atoms with van der Waals surface area (Å²) in [6.45, 7) is 5.35. The van der Waals surface area contributed by atoms with Gasteiger partial charge in [-0.05, 0) is 50.3 Å². The number of hydrogen-bond acceptors (Lipinski definition) is 4. The molecule has 3 nitrogen and oxygen atoms in total. The van der Waals surface area contributed by atoms with Gasteiger partial charge in [0.2, 0.25) is 0 Å². The summed E-state index contributed by atoms with van der Waals surface area (Å²) in [6.07, 6.45) is 1.92. The summed E-state index contributed by atoms with van der Waals surface area (Å²) in [5.74, 6) is -0.0269. The number of Topliss-reactive ketones (excluding diaryl/α,β-unsaturated/α-hetero) is 1. The van der Waals surface area contributed by atoms with Gasteiger partial charge in [0.05, 0.1) is 11.1 Å². The van der Waals surface area contributed by atoms with E-state index in [2.05, 4.69) is 11.1 Å². The molecule has 0 saturated carbocycles. The number of ketones is 1. The number of thioether (sulfide) groups is 1. The van der Waals surface area contributed by atoms with Crippen molar-refractivity contribution >= 4 is 28.4 Å². The van der Waals surface area contributed by atoms with Crippen molar-refractivity contribution in [2.45, 2.75) is 25.8 Å². The van der Waals surface area contributed by atoms with E-state index in [4.69, 9.17) is 0 Å². The van der Waals surface area contributed by atoms with Gasteiger partial charge in [0.25, 0.3) is 0 Å². The minimum Gasteiger partial charge on any atom is -0.294 e. The highest BCUT2D eigenvalue weighted by atomic mass is 32.2. The molecule has 0 fully saturated rings. The SMILES string of the molecule is CSc1nc2c(C(C)=O)cc(C)cc2c(C#N)c1C. The number of rotatable bonds is 2. The molecule has 0 N–H and O–H groups in total. The summed E-state index contributed by atoms with van der Waals surface area (Å²) < 4.78 is 0. The molecule has 0 saturated heterocycles. The van der Waals surface area contributed by atoms with Crippen LogP contribution in [-0.4, -0.2) is 17.0 Å². The summed E-state index contributed by atoms with van der Waals surface area (Å²) in [6, 6.07) is 5.99. The molecule has 0 aliphatic heterocycles. The summed E-state index contributed by atoms with van der Waals surface area (Å²) in [5, 5.41) is 11.0. The Morgan fingerprint density at radius 1 is 1.37 bits per heavy atom. The molecule has 96 valence electrons. The Morgan fingerprint density at radius 3 is 2.58 bits per heavy atom. The summed E-state index contributed by atoms with van der Waals surface area (Å²) in [7, 11) is 0. The standard InChI is InChI=1S/C15H14N2OS/c1-8-5-11(10(3)18)14-12(6-8)13(7-16)9(2)15(17-14)19-4/h5-6H,1-4H3. The third-order valence-corrected chi connectivity index (χ3v) is 3.90. The molecule has 0 atom stereocenters. The molecule has 1 heterocycles. The number of carbonyl (C=O) groups excluding carboxylic acids is 1. The molecule has 4 heteroatoms. The van der Waals surface area contributed by atoms with Crippen LogP contribution in [0.25, 0.3) is 10.9 Å². The van der Waals surface area contributed by atoms with Crippen LogP contribution in [0, 0.1) is 25.2 Å². The van der Waals surface area contributed by atoms with Crippen molar-refractivity contribution < 1.29 is 4.79 Å². The van der Waals surface area contributed by atoms with Crippen LogP contribution in [0.15, 0.2) is 17.2 Å². The van der Waals surface area contributed by atoms with E-state index in [1.807, 2.05) is 32.2 Å². The number of carbonyl (C=O) groups is 1. The van der Waals surface area contributed by atoms with E-state index < -0.39 is 0 Å². The molecule has 0 aliphatic carbocycles. The molecule has 19 heavy (non-hydrogen) atoms. The Morgan fingerprint density at radius 2 is 2.05 bits per heavy atom. The Bertz CT molecular complexity index is 729. The van der Waals surface area contributed by atoms with Gasteiger partial charge in [-0.2, -0.15) is 5.26 Å². The van der Waals surface area contributed by atoms with Gasteiger partial charge in [-0.1, -0.05) is 0 Å². The Balaban J connectivity index is 3.03. The molecular formula is C15H14N2OS. The van der Waals surface area contributed by atoms with Crippen LogP contribution in [0.1, 0.15) is 34.0 Å². The quantitative estimate of drug-likeness (QED) is 0.617. The predicted octanol–water partition coefficient (Wildman–Crippen LogP) is 3.65. The second-order valence-corrected chi connectivity index (χ2v) is 5.29. The molecule has 0 amide bonds. The van der Waals surface area contributed by atoms with Gasteiger partial charge in [0, 0.05) is 10.9 Å². The second-order valence-electron chi connectivity index (χ2n) is 4.50. The van der Waals surface area contributed by atoms with Crippen molar-refractivity contribution in [3.63, 3.8) is 0 Å². The molecule has 0 radical (unpaired) electrons. The zero-order valence-electron chi connectivity index (χ0n) is 11.4. The Hall–Kier alpha value is -1.86. The molecular weight excluding hydrogens is 256 g/mol. The van der Waals surface area contributed by atoms with Crippen LogP contribution in [0.3, 0.4) is 0 Å². The van der Waals surface area contributed by atoms with Gasteiger partial charge in [0.15, 0.2) is 5.78 Å². The van der Waals surface area contributed by atoms with Crippen molar-refractivity contribution in [3.8, 4) is 6.07 Å². The highest BCUT2D eigenvalue weighted by Gasteiger charge is 2.16. The lowest BCUT2D eigenvalue weighted by Crippen LogP contribution is -2.01. The number of fused-ring (bicyclic) bond motifs is 1. The fraction of sp³-hybridized carbons (Fsp3) is 0.267. The van der Waals surface area contributed by atoms with Crippen LogP contribution in [0.2, 0.25) is 0 Å². The first-order valence-electron chi connectivity index (χ1n) is 5.89. The monoisotopic (exact) mass is 270 g/mol. The van der Waals surface area contributed by atoms with Crippen molar-refractivity contribution in [3.05, 3.63) is 34.4 Å². The van der Waals surface area contributed by atoms with Crippen LogP contribution >= 0.6 is 11.8 Å². The molecule has 0 aliphatic rings. The molecule has 2 rings (SSSR count). The number of aryl methyl sites for hydroxylation is 1. The minimum absolute atomic E-state index is 0.0269. The van der Waals surface area contributed by atoms with Crippen molar-refractivity contribution in [2.75, 3.05) is 6.26 Å².